The Kier molecular flexibility index (Phi) is 11.0. The maximum Gasteiger partial charge on any atom is 0.145 e. The number of aromatic nitrogens is 4. The molecule has 310 valence electrons. The van der Waals surface area contributed by atoms with Crippen LogP contribution in [0.5, 0.6) is 0 Å². The summed E-state index contributed by atoms with van der Waals surface area (Å²) in [6.45, 7) is 18.2. The predicted molar refractivity (Wildman–Crippen MR) is 258 cm³/mol. The van der Waals surface area contributed by atoms with Crippen LogP contribution in [0.1, 0.15) is 112 Å². The van der Waals surface area contributed by atoms with Crippen molar-refractivity contribution in [3.8, 4) is 45.3 Å². The molecule has 0 aliphatic rings. The molecule has 0 N–H and O–H groups in total. The maximum absolute atomic E-state index is 13.9. The minimum Gasteiger partial charge on any atom is -0.292 e. The van der Waals surface area contributed by atoms with Gasteiger partial charge in [0.1, 0.15) is 17.5 Å². The van der Waals surface area contributed by atoms with Crippen LogP contribution in [0.25, 0.3) is 67.3 Å². The third-order valence-electron chi connectivity index (χ3n) is 12.3. The van der Waals surface area contributed by atoms with Crippen molar-refractivity contribution in [2.75, 3.05) is 0 Å². The Bertz CT molecular complexity index is 3020. The average Bonchev–Trinajstić information content (AvgIpc) is 3.85. The number of halogens is 1. The minimum atomic E-state index is -0.244. The lowest BCUT2D eigenvalue weighted by molar-refractivity contribution is 0.628. The SMILES string of the molecule is CC(C)c1cccc(C(C)C)c1-n1c(-c2cccc(Cc3cccc(-c4nc5cc(-c6ccc(F)cc6)ccc5n4-c4c(C(C)C)cccc4C(C)C)c3)c2)nc2ccccc21. The monoisotopic (exact) mass is 814 g/mol. The highest BCUT2D eigenvalue weighted by Gasteiger charge is 2.24. The van der Waals surface area contributed by atoms with Crippen molar-refractivity contribution in [2.45, 2.75) is 85.5 Å². The maximum atomic E-state index is 13.9. The quantitative estimate of drug-likeness (QED) is 0.130. The summed E-state index contributed by atoms with van der Waals surface area (Å²) in [7, 11) is 0. The molecule has 4 nitrogen and oxygen atoms in total. The molecule has 0 spiro atoms. The molecule has 9 aromatic rings. The Morgan fingerprint density at radius 1 is 0.403 bits per heavy atom. The Hall–Kier alpha value is -6.59. The number of hydrogen-bond acceptors (Lipinski definition) is 2. The first-order chi connectivity index (χ1) is 30.0. The molecule has 0 fully saturated rings. The van der Waals surface area contributed by atoms with Crippen LogP contribution in [-0.2, 0) is 6.42 Å². The van der Waals surface area contributed by atoms with Gasteiger partial charge in [-0.05, 0) is 123 Å². The summed E-state index contributed by atoms with van der Waals surface area (Å²) in [5.41, 5.74) is 18.2. The first-order valence-electron chi connectivity index (χ1n) is 22.2. The molecule has 0 amide bonds. The van der Waals surface area contributed by atoms with Crippen molar-refractivity contribution >= 4 is 22.1 Å². The Balaban J connectivity index is 1.17. The molecule has 0 aliphatic heterocycles. The third kappa shape index (κ3) is 7.55. The van der Waals surface area contributed by atoms with Crippen LogP contribution < -0.4 is 0 Å². The molecule has 5 heteroatoms. The smallest absolute Gasteiger partial charge is 0.145 e. The van der Waals surface area contributed by atoms with Gasteiger partial charge in [-0.15, -0.1) is 0 Å². The summed E-state index contributed by atoms with van der Waals surface area (Å²) in [6.07, 6.45) is 0.747. The van der Waals surface area contributed by atoms with Crippen molar-refractivity contribution in [1.82, 2.24) is 19.1 Å². The van der Waals surface area contributed by atoms with Gasteiger partial charge in [0.05, 0.1) is 33.4 Å². The van der Waals surface area contributed by atoms with E-state index in [9.17, 15) is 4.39 Å². The second kappa shape index (κ2) is 16.7. The summed E-state index contributed by atoms with van der Waals surface area (Å²) in [6, 6.07) is 52.9. The molecule has 0 atom stereocenters. The normalized spacial score (nSPS) is 12.0. The zero-order valence-electron chi connectivity index (χ0n) is 37.1. The van der Waals surface area contributed by atoms with Crippen molar-refractivity contribution in [3.05, 3.63) is 191 Å². The van der Waals surface area contributed by atoms with E-state index in [1.54, 1.807) is 0 Å². The zero-order chi connectivity index (χ0) is 43.2. The number of benzene rings is 7. The van der Waals surface area contributed by atoms with Crippen LogP contribution in [0.4, 0.5) is 4.39 Å². The van der Waals surface area contributed by atoms with E-state index in [0.717, 1.165) is 62.4 Å². The van der Waals surface area contributed by atoms with Gasteiger partial charge in [0.2, 0.25) is 0 Å². The van der Waals surface area contributed by atoms with E-state index in [1.165, 1.54) is 56.9 Å². The van der Waals surface area contributed by atoms with Gasteiger partial charge >= 0.3 is 0 Å². The van der Waals surface area contributed by atoms with Gasteiger partial charge in [-0.25, -0.2) is 14.4 Å². The fraction of sp³-hybridized carbons (Fsp3) is 0.228. The van der Waals surface area contributed by atoms with Crippen LogP contribution in [0.3, 0.4) is 0 Å². The third-order valence-corrected chi connectivity index (χ3v) is 12.3. The van der Waals surface area contributed by atoms with Crippen molar-refractivity contribution in [1.29, 1.82) is 0 Å². The zero-order valence-corrected chi connectivity index (χ0v) is 37.1. The van der Waals surface area contributed by atoms with Gasteiger partial charge in [-0.2, -0.15) is 0 Å². The van der Waals surface area contributed by atoms with E-state index >= 15 is 0 Å². The van der Waals surface area contributed by atoms with E-state index in [-0.39, 0.29) is 5.82 Å². The summed E-state index contributed by atoms with van der Waals surface area (Å²) >= 11 is 0. The van der Waals surface area contributed by atoms with E-state index in [0.29, 0.717) is 23.7 Å². The summed E-state index contributed by atoms with van der Waals surface area (Å²) in [5.74, 6) is 2.90. The number of nitrogens with zero attached hydrogens (tertiary/aromatic N) is 4. The molecule has 0 saturated carbocycles. The van der Waals surface area contributed by atoms with Crippen LogP contribution >= 0.6 is 0 Å². The molecule has 0 bridgehead atoms. The van der Waals surface area contributed by atoms with Gasteiger partial charge in [0, 0.05) is 11.1 Å². The van der Waals surface area contributed by atoms with E-state index in [1.807, 2.05) is 12.1 Å². The first kappa shape index (κ1) is 40.8. The molecule has 0 radical (unpaired) electrons. The molecule has 9 rings (SSSR count). The fourth-order valence-corrected chi connectivity index (χ4v) is 9.18. The standard InChI is InChI=1S/C57H55FN4/c1-35(2)46-19-13-20-47(36(3)4)54(46)61-52-24-10-9-23-50(52)59-56(61)43-17-11-15-39(32-43)31-40-16-12-18-44(33-40)57-60-51-34-42(41-25-28-45(58)29-26-41)27-30-53(51)62(57)55-48(37(5)6)21-14-22-49(55)38(7)8/h9-30,32-38H,31H2,1-8H3. The molecule has 2 heterocycles. The summed E-state index contributed by atoms with van der Waals surface area (Å²) in [5, 5.41) is 0. The lowest BCUT2D eigenvalue weighted by atomic mass is 9.92. The molecule has 7 aromatic carbocycles. The number of para-hydroxylation sites is 4. The molecule has 62 heavy (non-hydrogen) atoms. The topological polar surface area (TPSA) is 35.6 Å². The second-order valence-corrected chi connectivity index (χ2v) is 18.0. The largest absolute Gasteiger partial charge is 0.292 e. The first-order valence-corrected chi connectivity index (χ1v) is 22.2. The van der Waals surface area contributed by atoms with E-state index < -0.39 is 0 Å². The molecular formula is C57H55FN4. The minimum absolute atomic E-state index is 0.244. The highest BCUT2D eigenvalue weighted by Crippen LogP contribution is 2.40. The molecule has 2 aromatic heterocycles. The number of imidazole rings is 2. The highest BCUT2D eigenvalue weighted by molar-refractivity contribution is 5.88. The molecule has 0 unspecified atom stereocenters. The van der Waals surface area contributed by atoms with Crippen LogP contribution in [0.15, 0.2) is 152 Å². The van der Waals surface area contributed by atoms with Gasteiger partial charge in [-0.1, -0.05) is 159 Å². The van der Waals surface area contributed by atoms with Gasteiger partial charge in [-0.3, -0.25) is 9.13 Å². The Morgan fingerprint density at radius 3 is 1.34 bits per heavy atom. The number of rotatable bonds is 11. The predicted octanol–water partition coefficient (Wildman–Crippen LogP) is 15.6. The van der Waals surface area contributed by atoms with E-state index in [4.69, 9.17) is 9.97 Å². The second-order valence-electron chi connectivity index (χ2n) is 18.0. The number of fused-ring (bicyclic) bond motifs is 2. The van der Waals surface area contributed by atoms with Crippen LogP contribution in [0.2, 0.25) is 0 Å². The van der Waals surface area contributed by atoms with Crippen LogP contribution in [-0.4, -0.2) is 19.1 Å². The number of hydrogen-bond donors (Lipinski definition) is 0. The van der Waals surface area contributed by atoms with Gasteiger partial charge in [0.15, 0.2) is 0 Å². The molecule has 0 aliphatic carbocycles. The molecule has 0 saturated heterocycles. The van der Waals surface area contributed by atoms with Crippen LogP contribution in [0, 0.1) is 5.82 Å². The van der Waals surface area contributed by atoms with Crippen molar-refractivity contribution in [2.24, 2.45) is 0 Å². The van der Waals surface area contributed by atoms with Gasteiger partial charge < -0.3 is 0 Å². The fourth-order valence-electron chi connectivity index (χ4n) is 9.18. The lowest BCUT2D eigenvalue weighted by Crippen LogP contribution is -2.08. The Morgan fingerprint density at radius 2 is 0.839 bits per heavy atom. The summed E-state index contributed by atoms with van der Waals surface area (Å²) < 4.78 is 18.7. The Labute approximate surface area is 365 Å². The average molecular weight is 815 g/mol. The highest BCUT2D eigenvalue weighted by atomic mass is 19.1. The summed E-state index contributed by atoms with van der Waals surface area (Å²) in [4.78, 5) is 10.8. The van der Waals surface area contributed by atoms with Crippen molar-refractivity contribution < 1.29 is 4.39 Å². The lowest BCUT2D eigenvalue weighted by Gasteiger charge is -2.23. The van der Waals surface area contributed by atoms with E-state index in [2.05, 4.69) is 192 Å². The van der Waals surface area contributed by atoms with Gasteiger partial charge in [0.25, 0.3) is 0 Å². The molecular weight excluding hydrogens is 760 g/mol. The van der Waals surface area contributed by atoms with Crippen molar-refractivity contribution in [3.63, 3.8) is 0 Å².